The molecule has 9 nitrogen and oxygen atoms in total. The van der Waals surface area contributed by atoms with Gasteiger partial charge in [0.1, 0.15) is 6.04 Å². The number of hydrogen-bond acceptors (Lipinski definition) is 5. The van der Waals surface area contributed by atoms with Crippen molar-refractivity contribution < 1.29 is 36.3 Å². The summed E-state index contributed by atoms with van der Waals surface area (Å²) in [6, 6.07) is 6.92. The minimum Gasteiger partial charge on any atom is -0.376 e. The van der Waals surface area contributed by atoms with E-state index < -0.39 is 45.3 Å². The molecule has 4 N–H and O–H groups in total. The van der Waals surface area contributed by atoms with Gasteiger partial charge in [0.25, 0.3) is 5.91 Å². The van der Waals surface area contributed by atoms with Crippen molar-refractivity contribution in [2.24, 2.45) is 0 Å². The fourth-order valence-electron chi connectivity index (χ4n) is 3.58. The smallest absolute Gasteiger partial charge is 0.376 e. The number of nitrogens with one attached hydrogen (secondary N) is 3. The number of alkyl halides is 3. The summed E-state index contributed by atoms with van der Waals surface area (Å²) in [4.78, 5) is 26.7. The van der Waals surface area contributed by atoms with E-state index in [1.807, 2.05) is 0 Å². The molecule has 13 heteroatoms. The first kappa shape index (κ1) is 25.5. The maximum atomic E-state index is 13.1. The average Bonchev–Trinajstić information content (AvgIpc) is 3.17. The SMILES string of the molecule is CNC(=O)N1Cc2cc(S(=O)(=O)NC)ccc2C1C(=O)Nc1ccc(C(C)(O)C(F)(F)F)cc1. The Bertz CT molecular complexity index is 1210. The molecule has 3 rings (SSSR count). The van der Waals surface area contributed by atoms with Gasteiger partial charge in [0.2, 0.25) is 10.0 Å². The second-order valence-corrected chi connectivity index (χ2v) is 9.68. The minimum absolute atomic E-state index is 0.0287. The minimum atomic E-state index is -4.89. The highest BCUT2D eigenvalue weighted by molar-refractivity contribution is 7.89. The molecule has 0 radical (unpaired) electrons. The van der Waals surface area contributed by atoms with E-state index in [9.17, 15) is 36.3 Å². The summed E-state index contributed by atoms with van der Waals surface area (Å²) in [5.74, 6) is -0.651. The Kier molecular flexibility index (Phi) is 6.66. The molecule has 0 fully saturated rings. The molecular formula is C21H23F3N4O5S. The van der Waals surface area contributed by atoms with Crippen LogP contribution in [0.2, 0.25) is 0 Å². The lowest BCUT2D eigenvalue weighted by Gasteiger charge is -2.27. The summed E-state index contributed by atoms with van der Waals surface area (Å²) in [5, 5.41) is 14.8. The summed E-state index contributed by atoms with van der Waals surface area (Å²) in [6.07, 6.45) is -4.89. The molecule has 34 heavy (non-hydrogen) atoms. The number of rotatable bonds is 5. The Morgan fingerprint density at radius 1 is 1.09 bits per heavy atom. The van der Waals surface area contributed by atoms with E-state index in [4.69, 9.17) is 0 Å². The summed E-state index contributed by atoms with van der Waals surface area (Å²) in [6.45, 7) is 0.591. The van der Waals surface area contributed by atoms with Crippen LogP contribution in [0.3, 0.4) is 0 Å². The standard InChI is InChI=1S/C21H23F3N4O5S/c1-20(31,21(22,23)24)13-4-6-14(7-5-13)27-18(29)17-16-9-8-15(34(32,33)26-3)10-12(16)11-28(17)19(30)25-2/h4-10,17,26,31H,11H2,1-3H3,(H,25,30)(H,27,29). The van der Waals surface area contributed by atoms with E-state index in [-0.39, 0.29) is 17.1 Å². The first-order valence-corrected chi connectivity index (χ1v) is 11.5. The van der Waals surface area contributed by atoms with Gasteiger partial charge in [0.05, 0.1) is 4.90 Å². The zero-order valence-electron chi connectivity index (χ0n) is 18.4. The summed E-state index contributed by atoms with van der Waals surface area (Å²) in [5.41, 5.74) is -2.47. The van der Waals surface area contributed by atoms with Gasteiger partial charge in [-0.1, -0.05) is 18.2 Å². The van der Waals surface area contributed by atoms with Gasteiger partial charge in [-0.3, -0.25) is 4.79 Å². The third kappa shape index (κ3) is 4.58. The number of sulfonamides is 1. The van der Waals surface area contributed by atoms with Crippen LogP contribution in [-0.2, 0) is 27.0 Å². The Morgan fingerprint density at radius 2 is 1.71 bits per heavy atom. The van der Waals surface area contributed by atoms with E-state index >= 15 is 0 Å². The third-order valence-electron chi connectivity index (χ3n) is 5.63. The van der Waals surface area contributed by atoms with Crippen molar-refractivity contribution in [2.75, 3.05) is 19.4 Å². The maximum absolute atomic E-state index is 13.1. The number of benzene rings is 2. The third-order valence-corrected chi connectivity index (χ3v) is 7.04. The molecule has 0 bridgehead atoms. The molecule has 3 amide bonds. The van der Waals surface area contributed by atoms with Crippen LogP contribution in [0.25, 0.3) is 0 Å². The fourth-order valence-corrected chi connectivity index (χ4v) is 4.36. The largest absolute Gasteiger partial charge is 0.421 e. The second-order valence-electron chi connectivity index (χ2n) is 7.79. The molecule has 0 spiro atoms. The molecule has 0 saturated carbocycles. The quantitative estimate of drug-likeness (QED) is 0.501. The van der Waals surface area contributed by atoms with Crippen molar-refractivity contribution in [3.8, 4) is 0 Å². The molecule has 0 saturated heterocycles. The highest BCUT2D eigenvalue weighted by atomic mass is 32.2. The van der Waals surface area contributed by atoms with E-state index in [1.165, 1.54) is 49.3 Å². The molecule has 1 aliphatic heterocycles. The number of anilines is 1. The Hall–Kier alpha value is -3.16. The van der Waals surface area contributed by atoms with Crippen LogP contribution in [-0.4, -0.2) is 50.6 Å². The van der Waals surface area contributed by atoms with Gasteiger partial charge in [-0.15, -0.1) is 0 Å². The monoisotopic (exact) mass is 500 g/mol. The van der Waals surface area contributed by atoms with Crippen LogP contribution in [0.1, 0.15) is 29.7 Å². The predicted octanol–water partition coefficient (Wildman–Crippen LogP) is 2.20. The zero-order valence-corrected chi connectivity index (χ0v) is 19.2. The topological polar surface area (TPSA) is 128 Å². The molecule has 0 aliphatic carbocycles. The number of amides is 3. The first-order chi connectivity index (χ1) is 15.7. The lowest BCUT2D eigenvalue weighted by atomic mass is 9.95. The fraction of sp³-hybridized carbons (Fsp3) is 0.333. The van der Waals surface area contributed by atoms with E-state index in [0.717, 1.165) is 12.1 Å². The van der Waals surface area contributed by atoms with Crippen molar-refractivity contribution in [1.82, 2.24) is 14.9 Å². The highest BCUT2D eigenvalue weighted by Crippen LogP contribution is 2.39. The number of aliphatic hydroxyl groups is 1. The van der Waals surface area contributed by atoms with E-state index in [2.05, 4.69) is 15.4 Å². The predicted molar refractivity (Wildman–Crippen MR) is 116 cm³/mol. The van der Waals surface area contributed by atoms with Gasteiger partial charge in [0.15, 0.2) is 5.60 Å². The van der Waals surface area contributed by atoms with Crippen molar-refractivity contribution in [1.29, 1.82) is 0 Å². The van der Waals surface area contributed by atoms with Crippen molar-refractivity contribution >= 4 is 27.6 Å². The van der Waals surface area contributed by atoms with Crippen LogP contribution < -0.4 is 15.4 Å². The normalized spacial score (nSPS) is 17.6. The molecule has 2 aromatic rings. The summed E-state index contributed by atoms with van der Waals surface area (Å²) in [7, 11) is -1.11. The number of nitrogens with zero attached hydrogens (tertiary/aromatic N) is 1. The zero-order chi connectivity index (χ0) is 25.5. The Balaban J connectivity index is 1.90. The van der Waals surface area contributed by atoms with Gasteiger partial charge in [0, 0.05) is 19.3 Å². The van der Waals surface area contributed by atoms with Gasteiger partial charge in [-0.25, -0.2) is 17.9 Å². The van der Waals surface area contributed by atoms with E-state index in [0.29, 0.717) is 18.1 Å². The average molecular weight is 500 g/mol. The Morgan fingerprint density at radius 3 is 2.24 bits per heavy atom. The number of fused-ring (bicyclic) bond motifs is 1. The molecule has 2 aromatic carbocycles. The van der Waals surface area contributed by atoms with Gasteiger partial charge in [-0.2, -0.15) is 13.2 Å². The lowest BCUT2D eigenvalue weighted by molar-refractivity contribution is -0.258. The number of carbonyl (C=O) groups is 2. The van der Waals surface area contributed by atoms with Crippen molar-refractivity contribution in [3.05, 3.63) is 59.2 Å². The van der Waals surface area contributed by atoms with Crippen LogP contribution in [0.5, 0.6) is 0 Å². The van der Waals surface area contributed by atoms with Crippen molar-refractivity contribution in [3.63, 3.8) is 0 Å². The number of urea groups is 1. The lowest BCUT2D eigenvalue weighted by Crippen LogP contribution is -2.41. The molecule has 2 unspecified atom stereocenters. The molecule has 2 atom stereocenters. The number of hydrogen-bond donors (Lipinski definition) is 4. The van der Waals surface area contributed by atoms with Crippen molar-refractivity contribution in [2.45, 2.75) is 36.2 Å². The number of halogens is 3. The highest BCUT2D eigenvalue weighted by Gasteiger charge is 2.51. The van der Waals surface area contributed by atoms with Crippen LogP contribution in [0.15, 0.2) is 47.4 Å². The van der Waals surface area contributed by atoms with Crippen LogP contribution >= 0.6 is 0 Å². The first-order valence-electron chi connectivity index (χ1n) is 9.98. The Labute approximate surface area is 194 Å². The summed E-state index contributed by atoms with van der Waals surface area (Å²) < 4.78 is 65.6. The number of carbonyl (C=O) groups excluding carboxylic acids is 2. The molecule has 184 valence electrons. The molecule has 0 aromatic heterocycles. The van der Waals surface area contributed by atoms with Gasteiger partial charge >= 0.3 is 12.2 Å². The summed E-state index contributed by atoms with van der Waals surface area (Å²) >= 11 is 0. The maximum Gasteiger partial charge on any atom is 0.421 e. The van der Waals surface area contributed by atoms with Crippen LogP contribution in [0.4, 0.5) is 23.7 Å². The van der Waals surface area contributed by atoms with Gasteiger partial charge < -0.3 is 20.6 Å². The molecule has 1 aliphatic rings. The second kappa shape index (κ2) is 8.89. The van der Waals surface area contributed by atoms with Gasteiger partial charge in [-0.05, 0) is 54.9 Å². The van der Waals surface area contributed by atoms with Crippen LogP contribution in [0, 0.1) is 0 Å². The molecule has 1 heterocycles. The molecular weight excluding hydrogens is 477 g/mol. The van der Waals surface area contributed by atoms with E-state index in [1.54, 1.807) is 0 Å².